The van der Waals surface area contributed by atoms with E-state index in [1.807, 2.05) is 0 Å². The monoisotopic (exact) mass is 442 g/mol. The van der Waals surface area contributed by atoms with Gasteiger partial charge in [-0.1, -0.05) is 6.07 Å². The van der Waals surface area contributed by atoms with Gasteiger partial charge in [-0.15, -0.1) is 0 Å². The van der Waals surface area contributed by atoms with Crippen LogP contribution in [0, 0.1) is 11.6 Å². The number of ether oxygens (including phenoxy) is 1. The number of sulfonamides is 1. The number of nitrogens with zero attached hydrogens (tertiary/aromatic N) is 1. The third-order valence-electron chi connectivity index (χ3n) is 4.39. The zero-order valence-electron chi connectivity index (χ0n) is 16.0. The zero-order valence-corrected chi connectivity index (χ0v) is 16.8. The van der Waals surface area contributed by atoms with Crippen molar-refractivity contribution >= 4 is 10.0 Å². The molecular weight excluding hydrogens is 426 g/mol. The molecule has 0 radical (unpaired) electrons. The number of nitrogens with two attached hydrogens (primary N) is 1. The van der Waals surface area contributed by atoms with Crippen molar-refractivity contribution in [3.63, 3.8) is 0 Å². The molecule has 0 bridgehead atoms. The van der Waals surface area contributed by atoms with Crippen molar-refractivity contribution in [3.8, 4) is 28.3 Å². The second-order valence-corrected chi connectivity index (χ2v) is 8.17. The van der Waals surface area contributed by atoms with Crippen molar-refractivity contribution in [1.29, 1.82) is 0 Å². The smallest absolute Gasteiger partial charge is 0.238 e. The molecule has 0 aliphatic heterocycles. The van der Waals surface area contributed by atoms with E-state index >= 15 is 0 Å². The van der Waals surface area contributed by atoms with Crippen molar-refractivity contribution in [1.82, 2.24) is 4.98 Å². The Bertz CT molecular complexity index is 1320. The van der Waals surface area contributed by atoms with Crippen LogP contribution in [-0.4, -0.2) is 13.4 Å². The first-order valence-corrected chi connectivity index (χ1v) is 10.6. The minimum atomic E-state index is -3.84. The molecular formula is C22H16F2N2O4S. The van der Waals surface area contributed by atoms with E-state index in [4.69, 9.17) is 14.3 Å². The van der Waals surface area contributed by atoms with Gasteiger partial charge < -0.3 is 9.15 Å². The van der Waals surface area contributed by atoms with Gasteiger partial charge in [0.2, 0.25) is 15.9 Å². The van der Waals surface area contributed by atoms with Gasteiger partial charge in [-0.2, -0.15) is 0 Å². The molecule has 4 rings (SSSR count). The van der Waals surface area contributed by atoms with E-state index in [1.54, 1.807) is 18.2 Å². The summed E-state index contributed by atoms with van der Waals surface area (Å²) < 4.78 is 61.1. The van der Waals surface area contributed by atoms with Crippen LogP contribution in [0.15, 0.2) is 82.1 Å². The highest BCUT2D eigenvalue weighted by Gasteiger charge is 2.18. The predicted molar refractivity (Wildman–Crippen MR) is 109 cm³/mol. The van der Waals surface area contributed by atoms with E-state index < -0.39 is 21.7 Å². The number of oxazole rings is 1. The van der Waals surface area contributed by atoms with Crippen molar-refractivity contribution < 1.29 is 26.4 Å². The second kappa shape index (κ2) is 8.29. The number of benzene rings is 3. The van der Waals surface area contributed by atoms with Gasteiger partial charge in [-0.05, 0) is 60.7 Å². The Balaban J connectivity index is 1.71. The fourth-order valence-electron chi connectivity index (χ4n) is 2.92. The Morgan fingerprint density at radius 3 is 2.23 bits per heavy atom. The topological polar surface area (TPSA) is 95.4 Å². The summed E-state index contributed by atoms with van der Waals surface area (Å²) in [6.07, 6.45) is 0. The summed E-state index contributed by atoms with van der Waals surface area (Å²) in [6.45, 7) is -0.0765. The normalized spacial score (nSPS) is 11.5. The lowest BCUT2D eigenvalue weighted by atomic mass is 10.1. The maximum absolute atomic E-state index is 13.4. The number of aromatic nitrogens is 1. The van der Waals surface area contributed by atoms with Crippen molar-refractivity contribution in [2.45, 2.75) is 11.5 Å². The molecule has 0 saturated carbocycles. The van der Waals surface area contributed by atoms with Crippen LogP contribution in [0.3, 0.4) is 0 Å². The first-order chi connectivity index (χ1) is 14.8. The van der Waals surface area contributed by atoms with E-state index in [0.717, 1.165) is 0 Å². The fourth-order valence-corrected chi connectivity index (χ4v) is 3.44. The zero-order chi connectivity index (χ0) is 22.0. The SMILES string of the molecule is NS(=O)(=O)c1ccc(-c2oc(COc3cccc(F)c3)nc2-c2ccc(F)cc2)cc1. The van der Waals surface area contributed by atoms with Crippen LogP contribution in [0.1, 0.15) is 5.89 Å². The highest BCUT2D eigenvalue weighted by Crippen LogP contribution is 2.33. The van der Waals surface area contributed by atoms with E-state index in [2.05, 4.69) is 4.98 Å². The largest absolute Gasteiger partial charge is 0.484 e. The molecule has 1 heterocycles. The lowest BCUT2D eigenvalue weighted by molar-refractivity contribution is 0.263. The maximum Gasteiger partial charge on any atom is 0.238 e. The Labute approximate surface area is 177 Å². The molecule has 0 atom stereocenters. The van der Waals surface area contributed by atoms with E-state index in [0.29, 0.717) is 28.3 Å². The minimum absolute atomic E-state index is 0.0474. The quantitative estimate of drug-likeness (QED) is 0.474. The molecule has 2 N–H and O–H groups in total. The van der Waals surface area contributed by atoms with Gasteiger partial charge in [0, 0.05) is 17.2 Å². The Kier molecular flexibility index (Phi) is 5.53. The lowest BCUT2D eigenvalue weighted by Crippen LogP contribution is -2.11. The standard InChI is InChI=1S/C22H16F2N2O4S/c23-16-8-4-14(5-9-16)21-22(15-6-10-19(11-7-15)31(25,27)28)30-20(26-21)13-29-18-3-1-2-17(24)12-18/h1-12H,13H2,(H2,25,27,28). The summed E-state index contributed by atoms with van der Waals surface area (Å²) in [5, 5.41) is 5.15. The maximum atomic E-state index is 13.4. The van der Waals surface area contributed by atoms with Crippen molar-refractivity contribution in [3.05, 3.63) is 90.3 Å². The van der Waals surface area contributed by atoms with Crippen molar-refractivity contribution in [2.75, 3.05) is 0 Å². The van der Waals surface area contributed by atoms with Crippen LogP contribution in [0.5, 0.6) is 5.75 Å². The molecule has 0 aliphatic rings. The molecule has 158 valence electrons. The third kappa shape index (κ3) is 4.79. The van der Waals surface area contributed by atoms with Crippen LogP contribution >= 0.6 is 0 Å². The van der Waals surface area contributed by atoms with Crippen LogP contribution in [-0.2, 0) is 16.6 Å². The predicted octanol–water partition coefficient (Wildman–Crippen LogP) is 4.51. The number of rotatable bonds is 6. The van der Waals surface area contributed by atoms with E-state index in [1.165, 1.54) is 54.6 Å². The summed E-state index contributed by atoms with van der Waals surface area (Å²) in [7, 11) is -3.84. The number of hydrogen-bond donors (Lipinski definition) is 1. The molecule has 3 aromatic carbocycles. The average molecular weight is 442 g/mol. The van der Waals surface area contributed by atoms with Gasteiger partial charge in [0.25, 0.3) is 0 Å². The fraction of sp³-hybridized carbons (Fsp3) is 0.0455. The van der Waals surface area contributed by atoms with Gasteiger partial charge in [-0.25, -0.2) is 27.3 Å². The summed E-state index contributed by atoms with van der Waals surface area (Å²) in [5.41, 5.74) is 1.55. The van der Waals surface area contributed by atoms with Crippen LogP contribution < -0.4 is 9.88 Å². The first-order valence-electron chi connectivity index (χ1n) is 9.07. The van der Waals surface area contributed by atoms with E-state index in [9.17, 15) is 17.2 Å². The molecule has 31 heavy (non-hydrogen) atoms. The number of primary sulfonamides is 1. The van der Waals surface area contributed by atoms with Gasteiger partial charge in [-0.3, -0.25) is 0 Å². The van der Waals surface area contributed by atoms with Crippen LogP contribution in [0.25, 0.3) is 22.6 Å². The van der Waals surface area contributed by atoms with Crippen LogP contribution in [0.4, 0.5) is 8.78 Å². The number of hydrogen-bond acceptors (Lipinski definition) is 5. The highest BCUT2D eigenvalue weighted by molar-refractivity contribution is 7.89. The molecule has 0 unspecified atom stereocenters. The first kappa shape index (κ1) is 20.7. The molecule has 1 aromatic heterocycles. The van der Waals surface area contributed by atoms with Gasteiger partial charge >= 0.3 is 0 Å². The Morgan fingerprint density at radius 2 is 1.58 bits per heavy atom. The summed E-state index contributed by atoms with van der Waals surface area (Å²) >= 11 is 0. The molecule has 0 saturated heterocycles. The summed E-state index contributed by atoms with van der Waals surface area (Å²) in [5.74, 6) is 0.00798. The van der Waals surface area contributed by atoms with E-state index in [-0.39, 0.29) is 17.4 Å². The summed E-state index contributed by atoms with van der Waals surface area (Å²) in [4.78, 5) is 4.40. The molecule has 4 aromatic rings. The Morgan fingerprint density at radius 1 is 0.903 bits per heavy atom. The third-order valence-corrected chi connectivity index (χ3v) is 5.32. The minimum Gasteiger partial charge on any atom is -0.484 e. The lowest BCUT2D eigenvalue weighted by Gasteiger charge is -2.03. The molecule has 0 amide bonds. The average Bonchev–Trinajstić information content (AvgIpc) is 3.17. The number of halogens is 2. The molecule has 6 nitrogen and oxygen atoms in total. The Hall–Kier alpha value is -3.56. The summed E-state index contributed by atoms with van der Waals surface area (Å²) in [6, 6.07) is 17.1. The molecule has 0 spiro atoms. The van der Waals surface area contributed by atoms with Crippen molar-refractivity contribution in [2.24, 2.45) is 5.14 Å². The molecule has 9 heteroatoms. The van der Waals surface area contributed by atoms with Gasteiger partial charge in [0.15, 0.2) is 12.4 Å². The van der Waals surface area contributed by atoms with Gasteiger partial charge in [0.05, 0.1) is 4.90 Å². The molecule has 0 aliphatic carbocycles. The highest BCUT2D eigenvalue weighted by atomic mass is 32.2. The van der Waals surface area contributed by atoms with Crippen LogP contribution in [0.2, 0.25) is 0 Å². The van der Waals surface area contributed by atoms with Gasteiger partial charge in [0.1, 0.15) is 23.1 Å². The second-order valence-electron chi connectivity index (χ2n) is 6.61. The molecule has 0 fully saturated rings.